The fourth-order valence-corrected chi connectivity index (χ4v) is 6.76. The Morgan fingerprint density at radius 2 is 0.917 bits per heavy atom. The molecule has 0 aliphatic rings. The number of esters is 1. The Labute approximate surface area is 297 Å². The molecule has 0 fully saturated rings. The quantitative estimate of drug-likeness (QED) is 0.0367. The van der Waals surface area contributed by atoms with E-state index < -0.39 is 13.9 Å². The fourth-order valence-electron chi connectivity index (χ4n) is 6.00. The Hall–Kier alpha value is -0.500. The maximum Gasteiger partial charge on any atom is 0.472 e. The number of rotatable bonds is 40. The molecule has 0 rings (SSSR count). The maximum absolute atomic E-state index is 12.4. The van der Waals surface area contributed by atoms with Crippen molar-refractivity contribution in [1.82, 2.24) is 0 Å². The highest BCUT2D eigenvalue weighted by atomic mass is 31.2. The highest BCUT2D eigenvalue weighted by Gasteiger charge is 2.25. The summed E-state index contributed by atoms with van der Waals surface area (Å²) in [7, 11) is -4.26. The van der Waals surface area contributed by atoms with Crippen LogP contribution >= 0.6 is 7.82 Å². The standard InChI is InChI=1S/C39H80NO7P/c1-3-5-7-9-11-12-13-14-15-16-17-18-19-20-21-22-23-24-25-27-29-31-34-44-36-38(37-46-48(42,43)45-35-33-40)47-39(41)32-30-28-26-10-8-6-4-2/h38H,3-37,40H2,1-2H3,(H,42,43). The third kappa shape index (κ3) is 36.8. The summed E-state index contributed by atoms with van der Waals surface area (Å²) in [5, 5.41) is 0. The van der Waals surface area contributed by atoms with Crippen molar-refractivity contribution in [3.63, 3.8) is 0 Å². The van der Waals surface area contributed by atoms with Gasteiger partial charge in [-0.3, -0.25) is 13.8 Å². The van der Waals surface area contributed by atoms with Gasteiger partial charge in [-0.25, -0.2) is 4.57 Å². The van der Waals surface area contributed by atoms with E-state index in [4.69, 9.17) is 24.3 Å². The van der Waals surface area contributed by atoms with Crippen LogP contribution < -0.4 is 5.73 Å². The summed E-state index contributed by atoms with van der Waals surface area (Å²) in [6.45, 7) is 4.92. The monoisotopic (exact) mass is 706 g/mol. The number of hydrogen-bond donors (Lipinski definition) is 2. The van der Waals surface area contributed by atoms with E-state index in [1.807, 2.05) is 0 Å². The smallest absolute Gasteiger partial charge is 0.457 e. The summed E-state index contributed by atoms with van der Waals surface area (Å²) in [5.41, 5.74) is 5.34. The number of phosphoric ester groups is 1. The molecule has 0 aliphatic carbocycles. The predicted octanol–water partition coefficient (Wildman–Crippen LogP) is 11.7. The molecular formula is C39H80NO7P. The molecule has 0 radical (unpaired) electrons. The van der Waals surface area contributed by atoms with Gasteiger partial charge < -0.3 is 20.1 Å². The SMILES string of the molecule is CCCCCCCCCCCCCCCCCCCCCCCCOCC(COP(=O)(O)OCCN)OC(=O)CCCCCCCCC. The summed E-state index contributed by atoms with van der Waals surface area (Å²) >= 11 is 0. The number of nitrogens with two attached hydrogens (primary N) is 1. The van der Waals surface area contributed by atoms with E-state index in [1.165, 1.54) is 154 Å². The molecule has 0 heterocycles. The van der Waals surface area contributed by atoms with Crippen LogP contribution in [-0.4, -0.2) is 49.9 Å². The summed E-state index contributed by atoms with van der Waals surface area (Å²) in [5.74, 6) is -0.333. The molecule has 2 unspecified atom stereocenters. The third-order valence-corrected chi connectivity index (χ3v) is 10.0. The number of phosphoric acid groups is 1. The Morgan fingerprint density at radius 1 is 0.542 bits per heavy atom. The van der Waals surface area contributed by atoms with Gasteiger partial charge in [-0.15, -0.1) is 0 Å². The van der Waals surface area contributed by atoms with Crippen LogP contribution in [0.15, 0.2) is 0 Å². The Kier molecular flexibility index (Phi) is 37.4. The highest BCUT2D eigenvalue weighted by molar-refractivity contribution is 7.47. The molecule has 8 nitrogen and oxygen atoms in total. The van der Waals surface area contributed by atoms with Crippen LogP contribution in [0.25, 0.3) is 0 Å². The zero-order valence-electron chi connectivity index (χ0n) is 31.7. The maximum atomic E-state index is 12.4. The third-order valence-electron chi connectivity index (χ3n) is 9.02. The zero-order valence-corrected chi connectivity index (χ0v) is 32.6. The first kappa shape index (κ1) is 47.5. The Bertz CT molecular complexity index is 712. The van der Waals surface area contributed by atoms with Crippen molar-refractivity contribution in [3.05, 3.63) is 0 Å². The minimum Gasteiger partial charge on any atom is -0.457 e. The normalized spacial score (nSPS) is 13.5. The van der Waals surface area contributed by atoms with Crippen LogP contribution in [0.1, 0.15) is 206 Å². The molecule has 0 bridgehead atoms. The largest absolute Gasteiger partial charge is 0.472 e. The molecule has 3 N–H and O–H groups in total. The summed E-state index contributed by atoms with van der Waals surface area (Å²) in [6.07, 6.45) is 37.2. The molecule has 0 saturated carbocycles. The molecule has 0 aliphatic heterocycles. The van der Waals surface area contributed by atoms with Gasteiger partial charge in [0.25, 0.3) is 0 Å². The van der Waals surface area contributed by atoms with E-state index in [2.05, 4.69) is 13.8 Å². The first-order valence-electron chi connectivity index (χ1n) is 20.5. The molecule has 0 aromatic rings. The zero-order chi connectivity index (χ0) is 35.2. The van der Waals surface area contributed by atoms with Crippen molar-refractivity contribution < 1.29 is 32.8 Å². The van der Waals surface area contributed by atoms with Crippen LogP contribution in [0.4, 0.5) is 0 Å². The first-order valence-corrected chi connectivity index (χ1v) is 22.0. The molecule has 48 heavy (non-hydrogen) atoms. The first-order chi connectivity index (χ1) is 23.4. The van der Waals surface area contributed by atoms with Gasteiger partial charge in [0.1, 0.15) is 6.10 Å². The Morgan fingerprint density at radius 3 is 1.31 bits per heavy atom. The second-order valence-corrected chi connectivity index (χ2v) is 15.3. The van der Waals surface area contributed by atoms with Gasteiger partial charge in [0.15, 0.2) is 0 Å². The average Bonchev–Trinajstić information content (AvgIpc) is 3.07. The second kappa shape index (κ2) is 37.7. The number of ether oxygens (including phenoxy) is 2. The van der Waals surface area contributed by atoms with Crippen LogP contribution in [-0.2, 0) is 27.9 Å². The summed E-state index contributed by atoms with van der Waals surface area (Å²) in [6, 6.07) is 0. The number of hydrogen-bond acceptors (Lipinski definition) is 7. The van der Waals surface area contributed by atoms with Crippen LogP contribution in [0, 0.1) is 0 Å². The van der Waals surface area contributed by atoms with E-state index in [-0.39, 0.29) is 32.3 Å². The lowest BCUT2D eigenvalue weighted by molar-refractivity contribution is -0.154. The lowest BCUT2D eigenvalue weighted by atomic mass is 10.0. The van der Waals surface area contributed by atoms with Gasteiger partial charge in [0, 0.05) is 19.6 Å². The number of unbranched alkanes of at least 4 members (excludes halogenated alkanes) is 27. The molecule has 2 atom stereocenters. The van der Waals surface area contributed by atoms with Crippen molar-refractivity contribution in [2.45, 2.75) is 213 Å². The minimum absolute atomic E-state index is 0.0908. The number of carbonyl (C=O) groups is 1. The van der Waals surface area contributed by atoms with Gasteiger partial charge in [-0.2, -0.15) is 0 Å². The topological polar surface area (TPSA) is 117 Å². The van der Waals surface area contributed by atoms with Gasteiger partial charge in [-0.1, -0.05) is 187 Å². The average molecular weight is 706 g/mol. The van der Waals surface area contributed by atoms with Crippen LogP contribution in [0.2, 0.25) is 0 Å². The van der Waals surface area contributed by atoms with E-state index in [0.717, 1.165) is 32.1 Å². The van der Waals surface area contributed by atoms with Crippen molar-refractivity contribution >= 4 is 13.8 Å². The molecule has 0 spiro atoms. The summed E-state index contributed by atoms with van der Waals surface area (Å²) < 4.78 is 33.2. The van der Waals surface area contributed by atoms with Crippen LogP contribution in [0.5, 0.6) is 0 Å². The van der Waals surface area contributed by atoms with E-state index >= 15 is 0 Å². The molecule has 288 valence electrons. The van der Waals surface area contributed by atoms with Gasteiger partial charge in [-0.05, 0) is 12.8 Å². The van der Waals surface area contributed by atoms with Crippen molar-refractivity contribution in [2.75, 3.05) is 33.0 Å². The highest BCUT2D eigenvalue weighted by Crippen LogP contribution is 2.43. The van der Waals surface area contributed by atoms with Crippen molar-refractivity contribution in [1.29, 1.82) is 0 Å². The molecule has 0 saturated heterocycles. The second-order valence-electron chi connectivity index (χ2n) is 13.9. The summed E-state index contributed by atoms with van der Waals surface area (Å²) in [4.78, 5) is 22.2. The minimum atomic E-state index is -4.26. The molecular weight excluding hydrogens is 625 g/mol. The molecule has 0 amide bonds. The van der Waals surface area contributed by atoms with E-state index in [1.54, 1.807) is 0 Å². The van der Waals surface area contributed by atoms with Crippen molar-refractivity contribution in [2.24, 2.45) is 5.73 Å². The van der Waals surface area contributed by atoms with Crippen LogP contribution in [0.3, 0.4) is 0 Å². The molecule has 9 heteroatoms. The Balaban J connectivity index is 3.80. The van der Waals surface area contributed by atoms with Crippen molar-refractivity contribution in [3.8, 4) is 0 Å². The van der Waals surface area contributed by atoms with Gasteiger partial charge >= 0.3 is 13.8 Å². The van der Waals surface area contributed by atoms with Gasteiger partial charge in [0.2, 0.25) is 0 Å². The fraction of sp³-hybridized carbons (Fsp3) is 0.974. The van der Waals surface area contributed by atoms with E-state index in [0.29, 0.717) is 13.0 Å². The van der Waals surface area contributed by atoms with Gasteiger partial charge in [0.05, 0.1) is 19.8 Å². The molecule has 0 aromatic heterocycles. The number of carbonyl (C=O) groups excluding carboxylic acids is 1. The lowest BCUT2D eigenvalue weighted by Crippen LogP contribution is -2.28. The predicted molar refractivity (Wildman–Crippen MR) is 201 cm³/mol. The molecule has 0 aromatic carbocycles. The van der Waals surface area contributed by atoms with E-state index in [9.17, 15) is 14.3 Å². The lowest BCUT2D eigenvalue weighted by Gasteiger charge is -2.20.